The molecule has 0 aliphatic carbocycles. The molecule has 12 heavy (non-hydrogen) atoms. The number of rotatable bonds is 1. The molecule has 4 heteroatoms. The van der Waals surface area contributed by atoms with E-state index in [1.165, 1.54) is 6.92 Å². The van der Waals surface area contributed by atoms with Crippen molar-refractivity contribution in [2.75, 3.05) is 0 Å². The van der Waals surface area contributed by atoms with Gasteiger partial charge in [0.1, 0.15) is 0 Å². The van der Waals surface area contributed by atoms with Crippen LogP contribution < -0.4 is 0 Å². The number of hydrogen-bond donors (Lipinski definition) is 0. The summed E-state index contributed by atoms with van der Waals surface area (Å²) in [5.41, 5.74) is -0.960. The number of ketones is 2. The Balaban J connectivity index is 3.20. The molecule has 0 N–H and O–H groups in total. The molecular formula is C8H11NO3. The first kappa shape index (κ1) is 8.90. The highest BCUT2D eigenvalue weighted by Crippen LogP contribution is 2.21. The van der Waals surface area contributed by atoms with E-state index in [2.05, 4.69) is 0 Å². The predicted molar refractivity (Wildman–Crippen MR) is 43.0 cm³/mol. The summed E-state index contributed by atoms with van der Waals surface area (Å²) in [5, 5.41) is 11.3. The Hall–Kier alpha value is -1.19. The van der Waals surface area contributed by atoms with Crippen molar-refractivity contribution in [3.05, 3.63) is 5.21 Å². The second kappa shape index (κ2) is 2.40. The fourth-order valence-electron chi connectivity index (χ4n) is 1.30. The van der Waals surface area contributed by atoms with Crippen LogP contribution >= 0.6 is 0 Å². The fourth-order valence-corrected chi connectivity index (χ4v) is 1.30. The van der Waals surface area contributed by atoms with E-state index in [0.29, 0.717) is 4.74 Å². The van der Waals surface area contributed by atoms with Crippen LogP contribution in [-0.4, -0.2) is 27.6 Å². The van der Waals surface area contributed by atoms with Crippen LogP contribution in [0.15, 0.2) is 0 Å². The molecule has 0 bridgehead atoms. The molecule has 0 radical (unpaired) electrons. The SMILES string of the molecule is CC(=O)C1=[N+]([O-])C(C)(C)CC1=O. The zero-order valence-corrected chi connectivity index (χ0v) is 7.38. The van der Waals surface area contributed by atoms with Gasteiger partial charge in [-0.1, -0.05) is 0 Å². The minimum Gasteiger partial charge on any atom is -0.623 e. The van der Waals surface area contributed by atoms with Gasteiger partial charge in [0.05, 0.1) is 6.42 Å². The maximum Gasteiger partial charge on any atom is 0.298 e. The first-order chi connectivity index (χ1) is 5.36. The molecule has 1 aliphatic rings. The molecule has 0 saturated carbocycles. The topological polar surface area (TPSA) is 60.2 Å². The normalized spacial score (nSPS) is 21.8. The van der Waals surface area contributed by atoms with Crippen molar-refractivity contribution in [2.45, 2.75) is 32.7 Å². The Bertz CT molecular complexity index is 289. The maximum atomic E-state index is 11.3. The van der Waals surface area contributed by atoms with Gasteiger partial charge in [0.15, 0.2) is 5.54 Å². The minimum absolute atomic E-state index is 0.130. The molecule has 0 saturated heterocycles. The summed E-state index contributed by atoms with van der Waals surface area (Å²) in [6.07, 6.45) is 0.130. The number of hydroxylamine groups is 1. The van der Waals surface area contributed by atoms with E-state index in [1.54, 1.807) is 13.8 Å². The van der Waals surface area contributed by atoms with E-state index in [0.717, 1.165) is 0 Å². The second-order valence-corrected chi connectivity index (χ2v) is 3.61. The zero-order chi connectivity index (χ0) is 9.52. The molecule has 1 aliphatic heterocycles. The van der Waals surface area contributed by atoms with Crippen molar-refractivity contribution in [3.8, 4) is 0 Å². The lowest BCUT2D eigenvalue weighted by Gasteiger charge is -2.16. The molecule has 0 aromatic heterocycles. The lowest BCUT2D eigenvalue weighted by Crippen LogP contribution is -2.30. The standard InChI is InChI=1S/C8H11NO3/c1-5(10)7-6(11)4-8(2,3)9(7)12/h4H2,1-3H3. The number of Topliss-reactive ketones (excluding diaryl/α,β-unsaturated/α-hetero) is 2. The molecule has 66 valence electrons. The Kier molecular flexibility index (Phi) is 1.78. The Morgan fingerprint density at radius 1 is 1.58 bits per heavy atom. The monoisotopic (exact) mass is 169 g/mol. The summed E-state index contributed by atoms with van der Waals surface area (Å²) >= 11 is 0. The van der Waals surface area contributed by atoms with Gasteiger partial charge in [0, 0.05) is 20.8 Å². The van der Waals surface area contributed by atoms with Crippen LogP contribution in [-0.2, 0) is 9.59 Å². The average Bonchev–Trinajstić information content (AvgIpc) is 2.02. The van der Waals surface area contributed by atoms with Crippen LogP contribution in [0.1, 0.15) is 27.2 Å². The van der Waals surface area contributed by atoms with E-state index >= 15 is 0 Å². The largest absolute Gasteiger partial charge is 0.623 e. The molecule has 0 aromatic carbocycles. The van der Waals surface area contributed by atoms with Gasteiger partial charge in [-0.2, -0.15) is 4.74 Å². The van der Waals surface area contributed by atoms with Gasteiger partial charge in [-0.15, -0.1) is 0 Å². The lowest BCUT2D eigenvalue weighted by molar-refractivity contribution is -0.530. The highest BCUT2D eigenvalue weighted by molar-refractivity contribution is 6.64. The van der Waals surface area contributed by atoms with Gasteiger partial charge in [0.25, 0.3) is 5.71 Å². The molecule has 0 spiro atoms. The van der Waals surface area contributed by atoms with Crippen LogP contribution in [0.5, 0.6) is 0 Å². The summed E-state index contributed by atoms with van der Waals surface area (Å²) < 4.78 is 0.525. The van der Waals surface area contributed by atoms with Gasteiger partial charge in [-0.3, -0.25) is 9.59 Å². The summed E-state index contributed by atoms with van der Waals surface area (Å²) in [6, 6.07) is 0. The molecule has 0 atom stereocenters. The third-order valence-electron chi connectivity index (χ3n) is 1.94. The number of nitrogens with zero attached hydrogens (tertiary/aromatic N) is 1. The molecule has 0 aromatic rings. The van der Waals surface area contributed by atoms with E-state index in [4.69, 9.17) is 0 Å². The first-order valence-corrected chi connectivity index (χ1v) is 3.75. The van der Waals surface area contributed by atoms with Crippen molar-refractivity contribution in [2.24, 2.45) is 0 Å². The number of carbonyl (C=O) groups excluding carboxylic acids is 2. The van der Waals surface area contributed by atoms with E-state index in [-0.39, 0.29) is 17.9 Å². The lowest BCUT2D eigenvalue weighted by atomic mass is 10.0. The van der Waals surface area contributed by atoms with Gasteiger partial charge >= 0.3 is 0 Å². The smallest absolute Gasteiger partial charge is 0.298 e. The number of carbonyl (C=O) groups is 2. The maximum absolute atomic E-state index is 11.3. The molecule has 1 rings (SSSR count). The van der Waals surface area contributed by atoms with Crippen molar-refractivity contribution in [1.82, 2.24) is 0 Å². The van der Waals surface area contributed by atoms with Crippen LogP contribution in [0.4, 0.5) is 0 Å². The highest BCUT2D eigenvalue weighted by Gasteiger charge is 2.45. The fraction of sp³-hybridized carbons (Fsp3) is 0.625. The summed E-state index contributed by atoms with van der Waals surface area (Å²) in [6.45, 7) is 4.53. The molecule has 4 nitrogen and oxygen atoms in total. The molecule has 0 unspecified atom stereocenters. The third kappa shape index (κ3) is 1.13. The van der Waals surface area contributed by atoms with Gasteiger partial charge in [-0.25, -0.2) is 0 Å². The Morgan fingerprint density at radius 2 is 2.08 bits per heavy atom. The average molecular weight is 169 g/mol. The summed E-state index contributed by atoms with van der Waals surface area (Å²) in [7, 11) is 0. The van der Waals surface area contributed by atoms with Crippen LogP contribution in [0.3, 0.4) is 0 Å². The van der Waals surface area contributed by atoms with E-state index in [9.17, 15) is 14.8 Å². The second-order valence-electron chi connectivity index (χ2n) is 3.61. The van der Waals surface area contributed by atoms with Gasteiger partial charge in [-0.05, 0) is 0 Å². The van der Waals surface area contributed by atoms with Crippen molar-refractivity contribution in [3.63, 3.8) is 0 Å². The van der Waals surface area contributed by atoms with E-state index < -0.39 is 11.3 Å². The third-order valence-corrected chi connectivity index (χ3v) is 1.94. The van der Waals surface area contributed by atoms with Gasteiger partial charge in [0.2, 0.25) is 11.6 Å². The quantitative estimate of drug-likeness (QED) is 0.418. The summed E-state index contributed by atoms with van der Waals surface area (Å²) in [5.74, 6) is -0.789. The van der Waals surface area contributed by atoms with Gasteiger partial charge < -0.3 is 5.21 Å². The Morgan fingerprint density at radius 3 is 2.25 bits per heavy atom. The van der Waals surface area contributed by atoms with Crippen LogP contribution in [0, 0.1) is 5.21 Å². The zero-order valence-electron chi connectivity index (χ0n) is 7.38. The van der Waals surface area contributed by atoms with E-state index in [1.807, 2.05) is 0 Å². The molecular weight excluding hydrogens is 158 g/mol. The minimum atomic E-state index is -0.752. The number of hydrogen-bond acceptors (Lipinski definition) is 3. The summed E-state index contributed by atoms with van der Waals surface area (Å²) in [4.78, 5) is 22.0. The van der Waals surface area contributed by atoms with Crippen LogP contribution in [0.2, 0.25) is 0 Å². The van der Waals surface area contributed by atoms with Crippen molar-refractivity contribution < 1.29 is 14.3 Å². The van der Waals surface area contributed by atoms with Crippen molar-refractivity contribution in [1.29, 1.82) is 0 Å². The molecule has 0 fully saturated rings. The van der Waals surface area contributed by atoms with Crippen LogP contribution in [0.25, 0.3) is 0 Å². The van der Waals surface area contributed by atoms with Crippen molar-refractivity contribution >= 4 is 17.3 Å². The molecule has 0 amide bonds. The predicted octanol–water partition coefficient (Wildman–Crippen LogP) is 0.278. The Labute approximate surface area is 70.5 Å². The first-order valence-electron chi connectivity index (χ1n) is 3.75. The highest BCUT2D eigenvalue weighted by atomic mass is 16.5. The molecule has 1 heterocycles.